The highest BCUT2D eigenvalue weighted by molar-refractivity contribution is 9.11. The molecule has 72 valence electrons. The largest absolute Gasteiger partial charge is 0.381 e. The molecular formula is C9H10Br2FN. The van der Waals surface area contributed by atoms with Gasteiger partial charge < -0.3 is 5.32 Å². The average molecular weight is 311 g/mol. The first-order valence-electron chi connectivity index (χ1n) is 3.90. The molecule has 0 saturated heterocycles. The monoisotopic (exact) mass is 309 g/mol. The van der Waals surface area contributed by atoms with Crippen molar-refractivity contribution in [2.45, 2.75) is 6.92 Å². The number of nitrogens with one attached hydrogen (secondary N) is 1. The van der Waals surface area contributed by atoms with E-state index in [9.17, 15) is 4.39 Å². The molecule has 0 radical (unpaired) electrons. The van der Waals surface area contributed by atoms with Crippen LogP contribution in [-0.4, -0.2) is 13.2 Å². The quantitative estimate of drug-likeness (QED) is 0.893. The van der Waals surface area contributed by atoms with Gasteiger partial charge in [-0.05, 0) is 56.5 Å². The minimum absolute atomic E-state index is 0.334. The molecule has 4 heteroatoms. The summed E-state index contributed by atoms with van der Waals surface area (Å²) in [6, 6.07) is 3.98. The summed E-state index contributed by atoms with van der Waals surface area (Å²) in [5, 5.41) is 2.99. The van der Waals surface area contributed by atoms with Crippen molar-refractivity contribution in [3.05, 3.63) is 26.6 Å². The van der Waals surface area contributed by atoms with Crippen molar-refractivity contribution >= 4 is 37.5 Å². The SMILES string of the molecule is Cc1cc(Br)c(NCCF)c(Br)c1. The number of aryl methyl sites for hydroxylation is 1. The first kappa shape index (κ1) is 11.0. The van der Waals surface area contributed by atoms with Crippen LogP contribution in [0.25, 0.3) is 0 Å². The minimum atomic E-state index is -0.368. The van der Waals surface area contributed by atoms with E-state index in [0.717, 1.165) is 20.2 Å². The Morgan fingerprint density at radius 1 is 1.31 bits per heavy atom. The van der Waals surface area contributed by atoms with Crippen molar-refractivity contribution in [1.82, 2.24) is 0 Å². The van der Waals surface area contributed by atoms with Crippen molar-refractivity contribution in [3.8, 4) is 0 Å². The number of benzene rings is 1. The van der Waals surface area contributed by atoms with Gasteiger partial charge in [-0.25, -0.2) is 4.39 Å². The second-order valence-electron chi connectivity index (χ2n) is 2.72. The van der Waals surface area contributed by atoms with Crippen molar-refractivity contribution in [2.75, 3.05) is 18.5 Å². The molecule has 0 spiro atoms. The Morgan fingerprint density at radius 3 is 2.31 bits per heavy atom. The van der Waals surface area contributed by atoms with Gasteiger partial charge in [-0.1, -0.05) is 0 Å². The molecule has 0 saturated carbocycles. The first-order valence-corrected chi connectivity index (χ1v) is 5.49. The normalized spacial score (nSPS) is 10.2. The molecule has 1 aromatic carbocycles. The Balaban J connectivity index is 2.92. The van der Waals surface area contributed by atoms with E-state index in [4.69, 9.17) is 0 Å². The second kappa shape index (κ2) is 4.96. The summed E-state index contributed by atoms with van der Waals surface area (Å²) in [7, 11) is 0. The van der Waals surface area contributed by atoms with Crippen LogP contribution >= 0.6 is 31.9 Å². The third-order valence-electron chi connectivity index (χ3n) is 1.58. The molecule has 0 atom stereocenters. The van der Waals surface area contributed by atoms with Gasteiger partial charge in [0.05, 0.1) is 5.69 Å². The molecular weight excluding hydrogens is 301 g/mol. The van der Waals surface area contributed by atoms with Crippen LogP contribution in [0.2, 0.25) is 0 Å². The molecule has 0 aliphatic carbocycles. The van der Waals surface area contributed by atoms with E-state index in [1.807, 2.05) is 19.1 Å². The number of anilines is 1. The second-order valence-corrected chi connectivity index (χ2v) is 4.43. The third-order valence-corrected chi connectivity index (χ3v) is 2.83. The Kier molecular flexibility index (Phi) is 4.19. The predicted octanol–water partition coefficient (Wildman–Crippen LogP) is 3.90. The van der Waals surface area contributed by atoms with Crippen LogP contribution in [0.4, 0.5) is 10.1 Å². The number of halogens is 3. The summed E-state index contributed by atoms with van der Waals surface area (Å²) in [5.41, 5.74) is 2.06. The van der Waals surface area contributed by atoms with Crippen molar-refractivity contribution < 1.29 is 4.39 Å². The van der Waals surface area contributed by atoms with Gasteiger partial charge in [0, 0.05) is 15.5 Å². The van der Waals surface area contributed by atoms with E-state index in [1.54, 1.807) is 0 Å². The van der Waals surface area contributed by atoms with Gasteiger partial charge in [0.2, 0.25) is 0 Å². The molecule has 0 amide bonds. The maximum absolute atomic E-state index is 11.9. The van der Waals surface area contributed by atoms with E-state index in [0.29, 0.717) is 6.54 Å². The van der Waals surface area contributed by atoms with Crippen LogP contribution in [-0.2, 0) is 0 Å². The zero-order chi connectivity index (χ0) is 9.84. The highest BCUT2D eigenvalue weighted by Crippen LogP contribution is 2.31. The molecule has 0 unspecified atom stereocenters. The van der Waals surface area contributed by atoms with Gasteiger partial charge >= 0.3 is 0 Å². The lowest BCUT2D eigenvalue weighted by Gasteiger charge is -2.09. The lowest BCUT2D eigenvalue weighted by molar-refractivity contribution is 0.512. The molecule has 1 aromatic rings. The molecule has 0 fully saturated rings. The van der Waals surface area contributed by atoms with E-state index in [-0.39, 0.29) is 6.67 Å². The predicted molar refractivity (Wildman–Crippen MR) is 61.0 cm³/mol. The number of rotatable bonds is 3. The summed E-state index contributed by atoms with van der Waals surface area (Å²) in [6.45, 7) is 1.97. The van der Waals surface area contributed by atoms with Gasteiger partial charge in [0.25, 0.3) is 0 Å². The fraction of sp³-hybridized carbons (Fsp3) is 0.333. The van der Waals surface area contributed by atoms with Crippen LogP contribution in [0.15, 0.2) is 21.1 Å². The van der Waals surface area contributed by atoms with Crippen molar-refractivity contribution in [2.24, 2.45) is 0 Å². The van der Waals surface area contributed by atoms with Crippen LogP contribution in [0.5, 0.6) is 0 Å². The highest BCUT2D eigenvalue weighted by atomic mass is 79.9. The zero-order valence-electron chi connectivity index (χ0n) is 7.20. The number of hydrogen-bond donors (Lipinski definition) is 1. The summed E-state index contributed by atoms with van der Waals surface area (Å²) < 4.78 is 13.8. The van der Waals surface area contributed by atoms with Crippen molar-refractivity contribution in [3.63, 3.8) is 0 Å². The lowest BCUT2D eigenvalue weighted by atomic mass is 10.2. The number of hydrogen-bond acceptors (Lipinski definition) is 1. The fourth-order valence-corrected chi connectivity index (χ4v) is 2.74. The van der Waals surface area contributed by atoms with Gasteiger partial charge in [0.1, 0.15) is 6.67 Å². The summed E-state index contributed by atoms with van der Waals surface area (Å²) >= 11 is 6.83. The molecule has 1 nitrogen and oxygen atoms in total. The smallest absolute Gasteiger partial charge is 0.107 e. The Labute approximate surface area is 94.0 Å². The third kappa shape index (κ3) is 2.95. The van der Waals surface area contributed by atoms with Crippen molar-refractivity contribution in [1.29, 1.82) is 0 Å². The number of alkyl halides is 1. The van der Waals surface area contributed by atoms with E-state index >= 15 is 0 Å². The molecule has 0 aliphatic rings. The zero-order valence-corrected chi connectivity index (χ0v) is 10.4. The lowest BCUT2D eigenvalue weighted by Crippen LogP contribution is -2.04. The Morgan fingerprint density at radius 2 is 1.85 bits per heavy atom. The first-order chi connectivity index (χ1) is 6.15. The van der Waals surface area contributed by atoms with Gasteiger partial charge in [-0.2, -0.15) is 0 Å². The van der Waals surface area contributed by atoms with E-state index in [2.05, 4.69) is 37.2 Å². The van der Waals surface area contributed by atoms with Gasteiger partial charge in [-0.3, -0.25) is 0 Å². The maximum Gasteiger partial charge on any atom is 0.107 e. The Hall–Kier alpha value is -0.0900. The summed E-state index contributed by atoms with van der Waals surface area (Å²) in [6.07, 6.45) is 0. The standard InChI is InChI=1S/C9H10Br2FN/c1-6-4-7(10)9(8(11)5-6)13-3-2-12/h4-5,13H,2-3H2,1H3. The molecule has 13 heavy (non-hydrogen) atoms. The topological polar surface area (TPSA) is 12.0 Å². The Bertz CT molecular complexity index is 279. The van der Waals surface area contributed by atoms with E-state index in [1.165, 1.54) is 0 Å². The molecule has 0 bridgehead atoms. The van der Waals surface area contributed by atoms with E-state index < -0.39 is 0 Å². The maximum atomic E-state index is 11.9. The fourth-order valence-electron chi connectivity index (χ4n) is 1.04. The highest BCUT2D eigenvalue weighted by Gasteiger charge is 2.04. The van der Waals surface area contributed by atoms with Crippen LogP contribution in [0.3, 0.4) is 0 Å². The molecule has 0 heterocycles. The van der Waals surface area contributed by atoms with Crippen LogP contribution < -0.4 is 5.32 Å². The van der Waals surface area contributed by atoms with Crippen LogP contribution in [0, 0.1) is 6.92 Å². The summed E-state index contributed by atoms with van der Waals surface area (Å²) in [4.78, 5) is 0. The molecule has 0 aromatic heterocycles. The summed E-state index contributed by atoms with van der Waals surface area (Å²) in [5.74, 6) is 0. The van der Waals surface area contributed by atoms with Crippen LogP contribution in [0.1, 0.15) is 5.56 Å². The van der Waals surface area contributed by atoms with Gasteiger partial charge in [-0.15, -0.1) is 0 Å². The average Bonchev–Trinajstić information content (AvgIpc) is 2.02. The minimum Gasteiger partial charge on any atom is -0.381 e. The van der Waals surface area contributed by atoms with Gasteiger partial charge in [0.15, 0.2) is 0 Å². The molecule has 1 rings (SSSR count). The molecule has 0 aliphatic heterocycles. The molecule has 1 N–H and O–H groups in total.